The zero-order chi connectivity index (χ0) is 9.68. The van der Waals surface area contributed by atoms with Gasteiger partial charge >= 0.3 is 0 Å². The zero-order valence-electron chi connectivity index (χ0n) is 6.49. The smallest absolute Gasteiger partial charge is 0.255 e. The van der Waals surface area contributed by atoms with Crippen LogP contribution in [0.25, 0.3) is 0 Å². The Bertz CT molecular complexity index is 343. The summed E-state index contributed by atoms with van der Waals surface area (Å²) in [5.41, 5.74) is 0.277. The first-order valence-electron chi connectivity index (χ1n) is 3.36. The number of halogens is 1. The molecule has 0 bridgehead atoms. The van der Waals surface area contributed by atoms with Crippen LogP contribution in [-0.2, 0) is 0 Å². The van der Waals surface area contributed by atoms with E-state index in [9.17, 15) is 4.79 Å². The number of carbonyl (C=O) groups excluding carboxylic acids is 1. The largest absolute Gasteiger partial charge is 0.339 e. The standard InChI is InChI=1S/C7H5ClN4O/c8-7-11-3-5(4-12-7)6(13)10-2-1-9/h3-4H,2H2,(H,10,13). The fraction of sp³-hybridized carbons (Fsp3) is 0.143. The van der Waals surface area contributed by atoms with Crippen molar-refractivity contribution in [1.29, 1.82) is 5.26 Å². The molecular formula is C7H5ClN4O. The quantitative estimate of drug-likeness (QED) is 0.548. The molecule has 1 heterocycles. The monoisotopic (exact) mass is 196 g/mol. The Morgan fingerprint density at radius 3 is 2.77 bits per heavy atom. The minimum atomic E-state index is -0.391. The molecule has 1 N–H and O–H groups in total. The average molecular weight is 197 g/mol. The van der Waals surface area contributed by atoms with E-state index < -0.39 is 5.91 Å². The predicted molar refractivity (Wildman–Crippen MR) is 45.0 cm³/mol. The molecule has 0 fully saturated rings. The van der Waals surface area contributed by atoms with E-state index in [1.165, 1.54) is 12.4 Å². The number of rotatable bonds is 2. The van der Waals surface area contributed by atoms with Gasteiger partial charge in [0.05, 0.1) is 11.6 Å². The summed E-state index contributed by atoms with van der Waals surface area (Å²) in [5, 5.41) is 10.6. The Hall–Kier alpha value is -1.67. The van der Waals surface area contributed by atoms with Crippen LogP contribution < -0.4 is 5.32 Å². The number of amides is 1. The highest BCUT2D eigenvalue weighted by atomic mass is 35.5. The highest BCUT2D eigenvalue weighted by Crippen LogP contribution is 1.99. The Morgan fingerprint density at radius 2 is 2.23 bits per heavy atom. The van der Waals surface area contributed by atoms with Crippen molar-refractivity contribution in [2.45, 2.75) is 0 Å². The summed E-state index contributed by atoms with van der Waals surface area (Å²) in [6.07, 6.45) is 2.59. The maximum absolute atomic E-state index is 11.1. The second kappa shape index (κ2) is 4.38. The molecule has 0 aliphatic rings. The van der Waals surface area contributed by atoms with E-state index in [4.69, 9.17) is 16.9 Å². The molecule has 5 nitrogen and oxygen atoms in total. The molecule has 13 heavy (non-hydrogen) atoms. The van der Waals surface area contributed by atoms with Crippen LogP contribution in [0.5, 0.6) is 0 Å². The number of nitrogens with one attached hydrogen (secondary N) is 1. The number of nitriles is 1. The van der Waals surface area contributed by atoms with Crippen molar-refractivity contribution in [2.75, 3.05) is 6.54 Å². The Morgan fingerprint density at radius 1 is 1.62 bits per heavy atom. The SMILES string of the molecule is N#CCNC(=O)c1cnc(Cl)nc1. The third-order valence-corrected chi connectivity index (χ3v) is 1.41. The maximum Gasteiger partial charge on any atom is 0.255 e. The third kappa shape index (κ3) is 2.69. The van der Waals surface area contributed by atoms with Crippen LogP contribution in [0.1, 0.15) is 10.4 Å². The topological polar surface area (TPSA) is 78.7 Å². The van der Waals surface area contributed by atoms with Crippen molar-refractivity contribution in [1.82, 2.24) is 15.3 Å². The van der Waals surface area contributed by atoms with Crippen LogP contribution in [-0.4, -0.2) is 22.4 Å². The van der Waals surface area contributed by atoms with Gasteiger partial charge < -0.3 is 5.32 Å². The summed E-state index contributed by atoms with van der Waals surface area (Å²) in [6.45, 7) is -0.0402. The number of carbonyl (C=O) groups is 1. The number of hydrogen-bond acceptors (Lipinski definition) is 4. The van der Waals surface area contributed by atoms with Gasteiger partial charge in [-0.2, -0.15) is 5.26 Å². The van der Waals surface area contributed by atoms with E-state index >= 15 is 0 Å². The summed E-state index contributed by atoms with van der Waals surface area (Å²) >= 11 is 5.41. The maximum atomic E-state index is 11.1. The molecule has 6 heteroatoms. The summed E-state index contributed by atoms with van der Waals surface area (Å²) in [7, 11) is 0. The molecule has 0 aliphatic heterocycles. The first-order chi connectivity index (χ1) is 6.24. The van der Waals surface area contributed by atoms with Crippen molar-refractivity contribution in [3.05, 3.63) is 23.2 Å². The van der Waals surface area contributed by atoms with Crippen molar-refractivity contribution in [3.8, 4) is 6.07 Å². The minimum Gasteiger partial charge on any atom is -0.339 e. The molecule has 0 aliphatic carbocycles. The van der Waals surface area contributed by atoms with Crippen LogP contribution in [0, 0.1) is 11.3 Å². The van der Waals surface area contributed by atoms with Crippen LogP contribution >= 0.6 is 11.6 Å². The van der Waals surface area contributed by atoms with Crippen LogP contribution in [0.3, 0.4) is 0 Å². The molecule has 1 amide bonds. The molecule has 1 aromatic rings. The zero-order valence-corrected chi connectivity index (χ0v) is 7.25. The van der Waals surface area contributed by atoms with E-state index in [0.29, 0.717) is 0 Å². The summed E-state index contributed by atoms with van der Waals surface area (Å²) in [4.78, 5) is 18.4. The van der Waals surface area contributed by atoms with Gasteiger partial charge in [0.25, 0.3) is 5.91 Å². The molecule has 0 atom stereocenters. The van der Waals surface area contributed by atoms with Gasteiger partial charge in [-0.05, 0) is 11.6 Å². The molecule has 66 valence electrons. The molecule has 1 aromatic heterocycles. The van der Waals surface area contributed by atoms with Crippen LogP contribution in [0.4, 0.5) is 0 Å². The van der Waals surface area contributed by atoms with Gasteiger partial charge in [-0.1, -0.05) is 0 Å². The van der Waals surface area contributed by atoms with Crippen molar-refractivity contribution in [2.24, 2.45) is 0 Å². The van der Waals surface area contributed by atoms with Crippen molar-refractivity contribution in [3.63, 3.8) is 0 Å². The van der Waals surface area contributed by atoms with Gasteiger partial charge in [-0.25, -0.2) is 9.97 Å². The van der Waals surface area contributed by atoms with Gasteiger partial charge in [0.15, 0.2) is 0 Å². The fourth-order valence-corrected chi connectivity index (χ4v) is 0.749. The molecular weight excluding hydrogens is 192 g/mol. The molecule has 0 spiro atoms. The van der Waals surface area contributed by atoms with Gasteiger partial charge in [0, 0.05) is 12.4 Å². The van der Waals surface area contributed by atoms with E-state index in [1.54, 1.807) is 6.07 Å². The van der Waals surface area contributed by atoms with Crippen LogP contribution in [0.15, 0.2) is 12.4 Å². The van der Waals surface area contributed by atoms with E-state index in [1.807, 2.05) is 0 Å². The number of nitrogens with zero attached hydrogens (tertiary/aromatic N) is 3. The van der Waals surface area contributed by atoms with Gasteiger partial charge in [-0.3, -0.25) is 4.79 Å². The Kier molecular flexibility index (Phi) is 3.17. The molecule has 0 aromatic carbocycles. The van der Waals surface area contributed by atoms with Gasteiger partial charge in [0.1, 0.15) is 6.54 Å². The fourth-order valence-electron chi connectivity index (χ4n) is 0.651. The molecule has 0 saturated heterocycles. The number of hydrogen-bond donors (Lipinski definition) is 1. The van der Waals surface area contributed by atoms with Gasteiger partial charge in [0.2, 0.25) is 5.28 Å². The van der Waals surface area contributed by atoms with Gasteiger partial charge in [-0.15, -0.1) is 0 Å². The van der Waals surface area contributed by atoms with Crippen molar-refractivity contribution < 1.29 is 4.79 Å². The highest BCUT2D eigenvalue weighted by Gasteiger charge is 2.04. The second-order valence-electron chi connectivity index (χ2n) is 2.08. The molecule has 0 saturated carbocycles. The third-order valence-electron chi connectivity index (χ3n) is 1.21. The van der Waals surface area contributed by atoms with E-state index in [-0.39, 0.29) is 17.4 Å². The summed E-state index contributed by atoms with van der Waals surface area (Å²) in [5.74, 6) is -0.391. The minimum absolute atomic E-state index is 0.0402. The second-order valence-corrected chi connectivity index (χ2v) is 2.42. The lowest BCUT2D eigenvalue weighted by Gasteiger charge is -1.98. The summed E-state index contributed by atoms with van der Waals surface area (Å²) < 4.78 is 0. The highest BCUT2D eigenvalue weighted by molar-refractivity contribution is 6.28. The normalized spacial score (nSPS) is 8.92. The first-order valence-corrected chi connectivity index (χ1v) is 3.74. The van der Waals surface area contributed by atoms with E-state index in [2.05, 4.69) is 15.3 Å². The average Bonchev–Trinajstić information content (AvgIpc) is 2.15. The van der Waals surface area contributed by atoms with Crippen molar-refractivity contribution >= 4 is 17.5 Å². The summed E-state index contributed by atoms with van der Waals surface area (Å²) in [6, 6.07) is 1.78. The van der Waals surface area contributed by atoms with E-state index in [0.717, 1.165) is 0 Å². The lowest BCUT2D eigenvalue weighted by atomic mass is 10.3. The molecule has 0 unspecified atom stereocenters. The molecule has 1 rings (SSSR count). The number of aromatic nitrogens is 2. The Balaban J connectivity index is 2.68. The molecule has 0 radical (unpaired) electrons. The predicted octanol–water partition coefficient (Wildman–Crippen LogP) is 0.383. The Labute approximate surface area is 79.4 Å². The first kappa shape index (κ1) is 9.42. The lowest BCUT2D eigenvalue weighted by Crippen LogP contribution is -2.23. The lowest BCUT2D eigenvalue weighted by molar-refractivity contribution is 0.0958. The van der Waals surface area contributed by atoms with Crippen LogP contribution in [0.2, 0.25) is 5.28 Å².